The molecule has 0 aromatic carbocycles. The largest absolute Gasteiger partial charge is 0.390 e. The number of rotatable bonds is 3. The third-order valence-corrected chi connectivity index (χ3v) is 3.39. The van der Waals surface area contributed by atoms with Gasteiger partial charge in [-0.25, -0.2) is 13.6 Å². The monoisotopic (exact) mass is 310 g/mol. The summed E-state index contributed by atoms with van der Waals surface area (Å²) in [7, 11) is 0. The standard InChI is InChI=1S/C10H12F2N2O5S/c11-3-9(18)6(16)10(12,4-15)19-7(9)14-2-1-5(20)13-8(14)17/h1-2,6-7,15-16,18H,3-4H2,(H,13,17,20)/t6-,7-,9?,10-/m1/s1. The van der Waals surface area contributed by atoms with Gasteiger partial charge in [0.05, 0.1) is 0 Å². The highest BCUT2D eigenvalue weighted by molar-refractivity contribution is 7.71. The Balaban J connectivity index is 2.55. The maximum absolute atomic E-state index is 14.1. The van der Waals surface area contributed by atoms with Crippen LogP contribution < -0.4 is 5.69 Å². The third kappa shape index (κ3) is 2.09. The van der Waals surface area contributed by atoms with Gasteiger partial charge in [0.25, 0.3) is 5.85 Å². The highest BCUT2D eigenvalue weighted by Gasteiger charge is 2.65. The van der Waals surface area contributed by atoms with E-state index in [2.05, 4.69) is 9.72 Å². The van der Waals surface area contributed by atoms with Crippen LogP contribution in [0.25, 0.3) is 0 Å². The molecule has 1 aromatic heterocycles. The summed E-state index contributed by atoms with van der Waals surface area (Å²) in [6.07, 6.45) is -3.17. The molecule has 2 rings (SSSR count). The van der Waals surface area contributed by atoms with Crippen LogP contribution in [0, 0.1) is 4.64 Å². The van der Waals surface area contributed by atoms with Crippen LogP contribution in [0.5, 0.6) is 0 Å². The van der Waals surface area contributed by atoms with Gasteiger partial charge < -0.3 is 20.1 Å². The van der Waals surface area contributed by atoms with Crippen LogP contribution in [0.15, 0.2) is 17.1 Å². The Morgan fingerprint density at radius 3 is 2.75 bits per heavy atom. The first kappa shape index (κ1) is 15.2. The maximum atomic E-state index is 14.1. The zero-order valence-corrected chi connectivity index (χ0v) is 10.8. The van der Waals surface area contributed by atoms with Crippen molar-refractivity contribution >= 4 is 12.2 Å². The molecule has 0 aliphatic carbocycles. The minimum absolute atomic E-state index is 0.0715. The third-order valence-electron chi connectivity index (χ3n) is 3.15. The predicted octanol–water partition coefficient (Wildman–Crippen LogP) is -0.846. The van der Waals surface area contributed by atoms with E-state index < -0.39 is 42.8 Å². The molecule has 1 aliphatic rings. The molecule has 0 bridgehead atoms. The molecule has 1 aliphatic heterocycles. The Morgan fingerprint density at radius 1 is 1.60 bits per heavy atom. The highest BCUT2D eigenvalue weighted by Crippen LogP contribution is 2.44. The number of nitrogens with zero attached hydrogens (tertiary/aromatic N) is 1. The summed E-state index contributed by atoms with van der Waals surface area (Å²) in [6.45, 7) is -2.91. The first-order valence-electron chi connectivity index (χ1n) is 5.54. The number of H-pyrrole nitrogens is 1. The molecular weight excluding hydrogens is 298 g/mol. The van der Waals surface area contributed by atoms with Crippen LogP contribution >= 0.6 is 12.2 Å². The van der Waals surface area contributed by atoms with E-state index in [-0.39, 0.29) is 4.64 Å². The number of aromatic amines is 1. The number of nitrogens with one attached hydrogen (secondary N) is 1. The molecule has 1 aromatic rings. The molecule has 4 atom stereocenters. The SMILES string of the molecule is O=c1[nH]c(=S)ccn1[C@@H]1O[C@](F)(CO)[C@H](O)C1(O)CF. The lowest BCUT2D eigenvalue weighted by molar-refractivity contribution is -0.207. The summed E-state index contributed by atoms with van der Waals surface area (Å²) < 4.78 is 32.5. The van der Waals surface area contributed by atoms with E-state index >= 15 is 0 Å². The van der Waals surface area contributed by atoms with Gasteiger partial charge >= 0.3 is 5.69 Å². The molecule has 112 valence electrons. The second-order valence-electron chi connectivity index (χ2n) is 4.46. The van der Waals surface area contributed by atoms with Crippen LogP contribution in [-0.4, -0.2) is 55.7 Å². The van der Waals surface area contributed by atoms with Crippen molar-refractivity contribution < 1.29 is 28.8 Å². The molecule has 4 N–H and O–H groups in total. The fourth-order valence-electron chi connectivity index (χ4n) is 2.03. The number of hydrogen-bond donors (Lipinski definition) is 4. The summed E-state index contributed by atoms with van der Waals surface area (Å²) in [4.78, 5) is 13.9. The van der Waals surface area contributed by atoms with E-state index in [1.54, 1.807) is 0 Å². The first-order chi connectivity index (χ1) is 9.28. The molecule has 0 radical (unpaired) electrons. The van der Waals surface area contributed by atoms with Crippen molar-refractivity contribution in [3.63, 3.8) is 0 Å². The van der Waals surface area contributed by atoms with E-state index in [4.69, 9.17) is 17.3 Å². The molecule has 1 fully saturated rings. The average Bonchev–Trinajstić information content (AvgIpc) is 2.62. The molecular formula is C10H12F2N2O5S. The van der Waals surface area contributed by atoms with Crippen LogP contribution in [0.2, 0.25) is 0 Å². The Labute approximate surface area is 116 Å². The first-order valence-corrected chi connectivity index (χ1v) is 5.95. The number of aliphatic hydroxyl groups is 3. The summed E-state index contributed by atoms with van der Waals surface area (Å²) in [5.74, 6) is -3.09. The number of hydrogen-bond acceptors (Lipinski definition) is 6. The molecule has 2 heterocycles. The van der Waals surface area contributed by atoms with E-state index in [0.29, 0.717) is 4.57 Å². The van der Waals surface area contributed by atoms with E-state index in [0.717, 1.165) is 6.20 Å². The fraction of sp³-hybridized carbons (Fsp3) is 0.600. The van der Waals surface area contributed by atoms with Crippen molar-refractivity contribution in [2.24, 2.45) is 0 Å². The van der Waals surface area contributed by atoms with E-state index in [9.17, 15) is 23.8 Å². The lowest BCUT2D eigenvalue weighted by atomic mass is 9.94. The van der Waals surface area contributed by atoms with Gasteiger partial charge in [-0.1, -0.05) is 12.2 Å². The van der Waals surface area contributed by atoms with Crippen molar-refractivity contribution in [1.29, 1.82) is 0 Å². The summed E-state index contributed by atoms with van der Waals surface area (Å²) >= 11 is 4.70. The van der Waals surface area contributed by atoms with E-state index in [1.165, 1.54) is 6.07 Å². The van der Waals surface area contributed by atoms with Crippen molar-refractivity contribution in [1.82, 2.24) is 9.55 Å². The normalized spacial score (nSPS) is 37.2. The topological polar surface area (TPSA) is 108 Å². The molecule has 1 unspecified atom stereocenters. The Kier molecular flexibility index (Phi) is 3.77. The molecule has 10 heteroatoms. The van der Waals surface area contributed by atoms with Crippen molar-refractivity contribution in [2.75, 3.05) is 13.3 Å². The number of ether oxygens (including phenoxy) is 1. The zero-order chi connectivity index (χ0) is 15.1. The lowest BCUT2D eigenvalue weighted by Gasteiger charge is -2.28. The minimum Gasteiger partial charge on any atom is -0.390 e. The van der Waals surface area contributed by atoms with Crippen LogP contribution in [0.1, 0.15) is 6.23 Å². The Morgan fingerprint density at radius 2 is 2.25 bits per heavy atom. The van der Waals surface area contributed by atoms with Crippen LogP contribution in [0.3, 0.4) is 0 Å². The van der Waals surface area contributed by atoms with Gasteiger partial charge in [0.15, 0.2) is 17.9 Å². The highest BCUT2D eigenvalue weighted by atomic mass is 32.1. The van der Waals surface area contributed by atoms with Gasteiger partial charge in [-0.05, 0) is 6.07 Å². The van der Waals surface area contributed by atoms with Crippen LogP contribution in [-0.2, 0) is 4.74 Å². The average molecular weight is 310 g/mol. The van der Waals surface area contributed by atoms with Gasteiger partial charge in [0.2, 0.25) is 0 Å². The number of halogens is 2. The van der Waals surface area contributed by atoms with Crippen molar-refractivity contribution in [2.45, 2.75) is 23.8 Å². The molecule has 20 heavy (non-hydrogen) atoms. The molecule has 0 amide bonds. The van der Waals surface area contributed by atoms with Gasteiger partial charge in [0, 0.05) is 6.20 Å². The van der Waals surface area contributed by atoms with Gasteiger partial charge in [0.1, 0.15) is 17.9 Å². The number of aromatic nitrogens is 2. The molecule has 1 saturated heterocycles. The summed E-state index contributed by atoms with van der Waals surface area (Å²) in [6, 6.07) is 1.24. The quantitative estimate of drug-likeness (QED) is 0.542. The van der Waals surface area contributed by atoms with Gasteiger partial charge in [-0.2, -0.15) is 0 Å². The molecule has 7 nitrogen and oxygen atoms in total. The minimum atomic E-state index is -3.09. The smallest absolute Gasteiger partial charge is 0.328 e. The number of alkyl halides is 2. The fourth-order valence-corrected chi connectivity index (χ4v) is 2.18. The molecule has 0 saturated carbocycles. The summed E-state index contributed by atoms with van der Waals surface area (Å²) in [5.41, 5.74) is -3.61. The maximum Gasteiger partial charge on any atom is 0.328 e. The van der Waals surface area contributed by atoms with Crippen molar-refractivity contribution in [3.05, 3.63) is 27.4 Å². The van der Waals surface area contributed by atoms with Crippen molar-refractivity contribution in [3.8, 4) is 0 Å². The molecule has 0 spiro atoms. The predicted molar refractivity (Wildman–Crippen MR) is 63.9 cm³/mol. The second-order valence-corrected chi connectivity index (χ2v) is 4.90. The lowest BCUT2D eigenvalue weighted by Crippen LogP contribution is -2.53. The van der Waals surface area contributed by atoms with Crippen LogP contribution in [0.4, 0.5) is 8.78 Å². The summed E-state index contributed by atoms with van der Waals surface area (Å²) in [5, 5.41) is 28.6. The zero-order valence-electron chi connectivity index (χ0n) is 9.99. The Hall–Kier alpha value is -1.20. The number of aliphatic hydroxyl groups excluding tert-OH is 2. The second kappa shape index (κ2) is 4.97. The van der Waals surface area contributed by atoms with E-state index in [1.807, 2.05) is 0 Å². The van der Waals surface area contributed by atoms with Gasteiger partial charge in [-0.15, -0.1) is 0 Å². The Bertz CT molecular complexity index is 622. The van der Waals surface area contributed by atoms with Gasteiger partial charge in [-0.3, -0.25) is 9.55 Å².